The highest BCUT2D eigenvalue weighted by Crippen LogP contribution is 2.37. The number of imidazole rings is 1. The smallest absolute Gasteiger partial charge is 0.335 e. The van der Waals surface area contributed by atoms with E-state index in [0.717, 1.165) is 29.4 Å². The van der Waals surface area contributed by atoms with E-state index in [1.165, 1.54) is 12.4 Å². The zero-order chi connectivity index (χ0) is 17.7. The third kappa shape index (κ3) is 2.46. The average molecular weight is 349 g/mol. The third-order valence-corrected chi connectivity index (χ3v) is 4.55. The zero-order valence-corrected chi connectivity index (χ0v) is 13.7. The molecule has 1 aliphatic carbocycles. The van der Waals surface area contributed by atoms with Crippen LogP contribution in [0.5, 0.6) is 0 Å². The summed E-state index contributed by atoms with van der Waals surface area (Å²) < 4.78 is 7.85. The zero-order valence-electron chi connectivity index (χ0n) is 13.7. The van der Waals surface area contributed by atoms with Crippen molar-refractivity contribution < 1.29 is 14.3 Å². The molecule has 3 aromatic heterocycles. The van der Waals surface area contributed by atoms with Gasteiger partial charge in [0.25, 0.3) is 0 Å². The first-order valence-corrected chi connectivity index (χ1v) is 8.36. The maximum absolute atomic E-state index is 11.1. The molecule has 8 heteroatoms. The fourth-order valence-corrected chi connectivity index (χ4v) is 3.08. The topological polar surface area (TPSA) is 106 Å². The Morgan fingerprint density at radius 1 is 1.27 bits per heavy atom. The first-order chi connectivity index (χ1) is 12.7. The van der Waals surface area contributed by atoms with E-state index in [2.05, 4.69) is 24.8 Å². The second-order valence-corrected chi connectivity index (χ2v) is 6.40. The summed E-state index contributed by atoms with van der Waals surface area (Å²) in [6.45, 7) is 0.416. The lowest BCUT2D eigenvalue weighted by molar-refractivity contribution is 0.0697. The summed E-state index contributed by atoms with van der Waals surface area (Å²) in [5.74, 6) is 0.370. The Labute approximate surface area is 147 Å². The van der Waals surface area contributed by atoms with Gasteiger partial charge in [0.15, 0.2) is 11.5 Å². The number of carbonyl (C=O) groups is 1. The standard InChI is InChI=1S/C18H15N5O3/c24-18(25)11-2-1-10-5-13(26-14(10)6-11)7-19-16-15-17(21-8-20-16)23(9-22-15)12-3-4-12/h1-2,5-6,8-9,12H,3-4,7H2,(H,24,25)(H,19,20,21). The summed E-state index contributed by atoms with van der Waals surface area (Å²) in [6.07, 6.45) is 5.67. The SMILES string of the molecule is O=C(O)c1ccc2cc(CNc3ncnc4c3ncn4C3CC3)oc2c1. The van der Waals surface area contributed by atoms with Gasteiger partial charge in [-0.15, -0.1) is 0 Å². The van der Waals surface area contributed by atoms with Crippen LogP contribution in [-0.2, 0) is 6.54 Å². The maximum atomic E-state index is 11.1. The van der Waals surface area contributed by atoms with Gasteiger partial charge in [-0.25, -0.2) is 19.7 Å². The van der Waals surface area contributed by atoms with Crippen LogP contribution >= 0.6 is 0 Å². The minimum Gasteiger partial charge on any atom is -0.478 e. The van der Waals surface area contributed by atoms with Gasteiger partial charge in [0.1, 0.15) is 23.2 Å². The summed E-state index contributed by atoms with van der Waals surface area (Å²) in [5.41, 5.74) is 2.33. The Hall–Kier alpha value is -3.42. The molecule has 1 aliphatic rings. The number of nitrogens with zero attached hydrogens (tertiary/aromatic N) is 4. The van der Waals surface area contributed by atoms with Crippen LogP contribution in [0.4, 0.5) is 5.82 Å². The molecule has 1 saturated carbocycles. The number of hydrogen-bond acceptors (Lipinski definition) is 6. The van der Waals surface area contributed by atoms with E-state index < -0.39 is 5.97 Å². The van der Waals surface area contributed by atoms with Gasteiger partial charge in [-0.2, -0.15) is 0 Å². The van der Waals surface area contributed by atoms with Gasteiger partial charge in [-0.1, -0.05) is 6.07 Å². The number of carboxylic acids is 1. The first kappa shape index (κ1) is 14.9. The normalized spacial score (nSPS) is 14.2. The highest BCUT2D eigenvalue weighted by molar-refractivity contribution is 5.92. The minimum atomic E-state index is -0.974. The van der Waals surface area contributed by atoms with E-state index >= 15 is 0 Å². The predicted molar refractivity (Wildman–Crippen MR) is 94.1 cm³/mol. The van der Waals surface area contributed by atoms with E-state index in [1.807, 2.05) is 12.4 Å². The van der Waals surface area contributed by atoms with E-state index in [0.29, 0.717) is 29.7 Å². The molecule has 0 radical (unpaired) electrons. The number of benzene rings is 1. The van der Waals surface area contributed by atoms with Crippen molar-refractivity contribution >= 4 is 33.9 Å². The number of carboxylic acid groups (broad SMARTS) is 1. The molecule has 1 aromatic carbocycles. The molecule has 0 bridgehead atoms. The minimum absolute atomic E-state index is 0.203. The Kier molecular flexibility index (Phi) is 3.18. The molecule has 0 atom stereocenters. The quantitative estimate of drug-likeness (QED) is 0.570. The number of hydrogen-bond donors (Lipinski definition) is 2. The Balaban J connectivity index is 1.41. The van der Waals surface area contributed by atoms with Gasteiger partial charge in [0.05, 0.1) is 18.4 Å². The highest BCUT2D eigenvalue weighted by Gasteiger charge is 2.26. The van der Waals surface area contributed by atoms with Crippen molar-refractivity contribution in [2.75, 3.05) is 5.32 Å². The predicted octanol–water partition coefficient (Wildman–Crippen LogP) is 3.22. The fraction of sp³-hybridized carbons (Fsp3) is 0.222. The largest absolute Gasteiger partial charge is 0.478 e. The maximum Gasteiger partial charge on any atom is 0.335 e. The molecule has 0 spiro atoms. The van der Waals surface area contributed by atoms with E-state index in [1.54, 1.807) is 12.1 Å². The fourth-order valence-electron chi connectivity index (χ4n) is 3.08. The molecule has 3 heterocycles. The van der Waals surface area contributed by atoms with Crippen LogP contribution in [0.1, 0.15) is 35.0 Å². The molecular weight excluding hydrogens is 334 g/mol. The number of aromatic carboxylic acids is 1. The summed E-state index contributed by atoms with van der Waals surface area (Å²) >= 11 is 0. The molecule has 1 fully saturated rings. The lowest BCUT2D eigenvalue weighted by atomic mass is 10.2. The lowest BCUT2D eigenvalue weighted by Crippen LogP contribution is -2.02. The number of furan rings is 1. The van der Waals surface area contributed by atoms with Crippen LogP contribution in [0.15, 0.2) is 41.3 Å². The van der Waals surface area contributed by atoms with Crippen molar-refractivity contribution in [1.82, 2.24) is 19.5 Å². The van der Waals surface area contributed by atoms with Crippen molar-refractivity contribution in [3.05, 3.63) is 48.2 Å². The number of anilines is 1. The molecule has 2 N–H and O–H groups in total. The van der Waals surface area contributed by atoms with Crippen molar-refractivity contribution in [2.45, 2.75) is 25.4 Å². The second-order valence-electron chi connectivity index (χ2n) is 6.40. The lowest BCUT2D eigenvalue weighted by Gasteiger charge is -2.04. The number of aromatic nitrogens is 4. The molecule has 0 amide bonds. The van der Waals surface area contributed by atoms with E-state index in [9.17, 15) is 4.79 Å². The van der Waals surface area contributed by atoms with E-state index in [-0.39, 0.29) is 5.56 Å². The summed E-state index contributed by atoms with van der Waals surface area (Å²) in [7, 11) is 0. The molecule has 8 nitrogen and oxygen atoms in total. The van der Waals surface area contributed by atoms with Crippen LogP contribution in [0, 0.1) is 0 Å². The van der Waals surface area contributed by atoms with Crippen LogP contribution < -0.4 is 5.32 Å². The molecule has 0 saturated heterocycles. The van der Waals surface area contributed by atoms with Gasteiger partial charge < -0.3 is 19.4 Å². The van der Waals surface area contributed by atoms with Crippen LogP contribution in [0.3, 0.4) is 0 Å². The summed E-state index contributed by atoms with van der Waals surface area (Å²) in [6, 6.07) is 7.22. The average Bonchev–Trinajstić information content (AvgIpc) is 3.25. The molecule has 0 aliphatic heterocycles. The van der Waals surface area contributed by atoms with E-state index in [4.69, 9.17) is 9.52 Å². The molecule has 5 rings (SSSR count). The molecule has 0 unspecified atom stereocenters. The number of rotatable bonds is 5. The van der Waals surface area contributed by atoms with Gasteiger partial charge >= 0.3 is 5.97 Å². The Bertz CT molecular complexity index is 1140. The number of fused-ring (bicyclic) bond motifs is 2. The van der Waals surface area contributed by atoms with Crippen LogP contribution in [0.25, 0.3) is 22.1 Å². The summed E-state index contributed by atoms with van der Waals surface area (Å²) in [5, 5.41) is 13.2. The molecule has 130 valence electrons. The van der Waals surface area contributed by atoms with Crippen LogP contribution in [0.2, 0.25) is 0 Å². The molecular formula is C18H15N5O3. The molecule has 4 aromatic rings. The van der Waals surface area contributed by atoms with Crippen LogP contribution in [-0.4, -0.2) is 30.6 Å². The summed E-state index contributed by atoms with van der Waals surface area (Å²) in [4.78, 5) is 24.1. The van der Waals surface area contributed by atoms with Gasteiger partial charge in [0, 0.05) is 11.4 Å². The van der Waals surface area contributed by atoms with Crippen molar-refractivity contribution in [1.29, 1.82) is 0 Å². The van der Waals surface area contributed by atoms with Crippen molar-refractivity contribution in [3.8, 4) is 0 Å². The van der Waals surface area contributed by atoms with Crippen molar-refractivity contribution in [3.63, 3.8) is 0 Å². The van der Waals surface area contributed by atoms with Gasteiger partial charge in [-0.3, -0.25) is 0 Å². The Morgan fingerprint density at radius 2 is 2.15 bits per heavy atom. The van der Waals surface area contributed by atoms with Crippen molar-refractivity contribution in [2.24, 2.45) is 0 Å². The Morgan fingerprint density at radius 3 is 2.96 bits per heavy atom. The van der Waals surface area contributed by atoms with Gasteiger partial charge in [0.2, 0.25) is 0 Å². The third-order valence-electron chi connectivity index (χ3n) is 4.55. The molecule has 26 heavy (non-hydrogen) atoms. The monoisotopic (exact) mass is 349 g/mol. The van der Waals surface area contributed by atoms with Gasteiger partial charge in [-0.05, 0) is 31.0 Å². The first-order valence-electron chi connectivity index (χ1n) is 8.36. The number of nitrogens with one attached hydrogen (secondary N) is 1. The highest BCUT2D eigenvalue weighted by atomic mass is 16.4. The second kappa shape index (κ2) is 5.55.